The molecular formula is C24H32N2O4S. The lowest BCUT2D eigenvalue weighted by molar-refractivity contribution is -0.121. The molecule has 2 aliphatic carbocycles. The smallest absolute Gasteiger partial charge is 0.230 e. The lowest BCUT2D eigenvalue weighted by atomic mass is 9.97. The molecule has 168 valence electrons. The molecule has 0 bridgehead atoms. The molecule has 1 saturated carbocycles. The maximum absolute atomic E-state index is 13.1. The number of hydrogen-bond acceptors (Lipinski definition) is 4. The van der Waals surface area contributed by atoms with Crippen molar-refractivity contribution in [1.29, 1.82) is 0 Å². The summed E-state index contributed by atoms with van der Waals surface area (Å²) in [6.45, 7) is 2.76. The standard InChI is InChI=1S/C24H32N2O4S/c1-17(15-23(27)25-13-11-18-5-3-2-4-6-18)31(29,30)21-9-10-22-20(16-21)12-14-26(22)24(28)19-7-8-19/h5,9-10,16-17,19H,2-4,6-8,11-15H2,1H3,(H,25,27)/t17-/m0/s1. The fourth-order valence-corrected chi connectivity index (χ4v) is 5.90. The van der Waals surface area contributed by atoms with Crippen LogP contribution >= 0.6 is 0 Å². The van der Waals surface area contributed by atoms with E-state index in [1.807, 2.05) is 0 Å². The van der Waals surface area contributed by atoms with E-state index in [9.17, 15) is 18.0 Å². The summed E-state index contributed by atoms with van der Waals surface area (Å²) in [7, 11) is -3.62. The van der Waals surface area contributed by atoms with Gasteiger partial charge in [-0.2, -0.15) is 0 Å². The fraction of sp³-hybridized carbons (Fsp3) is 0.583. The Hall–Kier alpha value is -2.15. The molecule has 1 aliphatic heterocycles. The lowest BCUT2D eigenvalue weighted by Gasteiger charge is -2.18. The van der Waals surface area contributed by atoms with Crippen molar-refractivity contribution in [3.63, 3.8) is 0 Å². The van der Waals surface area contributed by atoms with E-state index >= 15 is 0 Å². The molecule has 1 aromatic carbocycles. The quantitative estimate of drug-likeness (QED) is 0.622. The van der Waals surface area contributed by atoms with Crippen molar-refractivity contribution in [1.82, 2.24) is 5.32 Å². The molecule has 4 rings (SSSR count). The predicted octanol–water partition coefficient (Wildman–Crippen LogP) is 3.54. The first-order valence-corrected chi connectivity index (χ1v) is 13.0. The molecule has 3 aliphatic rings. The highest BCUT2D eigenvalue weighted by Gasteiger charge is 2.37. The number of anilines is 1. The molecule has 7 heteroatoms. The number of carbonyl (C=O) groups is 2. The third-order valence-electron chi connectivity index (χ3n) is 6.62. The number of benzene rings is 1. The fourth-order valence-electron chi connectivity index (χ4n) is 4.50. The normalized spacial score (nSPS) is 19.5. The molecule has 1 heterocycles. The Morgan fingerprint density at radius 1 is 1.19 bits per heavy atom. The minimum atomic E-state index is -3.62. The van der Waals surface area contributed by atoms with Crippen molar-refractivity contribution in [2.75, 3.05) is 18.0 Å². The van der Waals surface area contributed by atoms with Gasteiger partial charge in [0.2, 0.25) is 11.8 Å². The molecule has 0 unspecified atom stereocenters. The molecule has 1 aromatic rings. The molecule has 0 spiro atoms. The van der Waals surface area contributed by atoms with Gasteiger partial charge in [-0.15, -0.1) is 0 Å². The van der Waals surface area contributed by atoms with Gasteiger partial charge in [-0.05, 0) is 82.1 Å². The molecule has 1 atom stereocenters. The van der Waals surface area contributed by atoms with E-state index in [1.54, 1.807) is 30.0 Å². The van der Waals surface area contributed by atoms with Gasteiger partial charge in [0.1, 0.15) is 0 Å². The molecule has 31 heavy (non-hydrogen) atoms. The Labute approximate surface area is 185 Å². The summed E-state index contributed by atoms with van der Waals surface area (Å²) in [5.41, 5.74) is 3.12. The van der Waals surface area contributed by atoms with Crippen LogP contribution in [0.3, 0.4) is 0 Å². The van der Waals surface area contributed by atoms with Crippen LogP contribution in [-0.2, 0) is 25.8 Å². The molecule has 2 amide bonds. The van der Waals surface area contributed by atoms with Gasteiger partial charge >= 0.3 is 0 Å². The van der Waals surface area contributed by atoms with E-state index in [-0.39, 0.29) is 29.0 Å². The Kier molecular flexibility index (Phi) is 6.51. The van der Waals surface area contributed by atoms with Crippen molar-refractivity contribution < 1.29 is 18.0 Å². The van der Waals surface area contributed by atoms with E-state index in [2.05, 4.69) is 11.4 Å². The van der Waals surface area contributed by atoms with E-state index in [1.165, 1.54) is 18.4 Å². The maximum atomic E-state index is 13.1. The molecule has 0 aromatic heterocycles. The highest BCUT2D eigenvalue weighted by molar-refractivity contribution is 7.92. The van der Waals surface area contributed by atoms with Gasteiger partial charge in [-0.25, -0.2) is 8.42 Å². The molecule has 1 N–H and O–H groups in total. The van der Waals surface area contributed by atoms with E-state index < -0.39 is 15.1 Å². The topological polar surface area (TPSA) is 83.6 Å². The summed E-state index contributed by atoms with van der Waals surface area (Å²) in [5.74, 6) is 0.0699. The number of nitrogens with one attached hydrogen (secondary N) is 1. The predicted molar refractivity (Wildman–Crippen MR) is 121 cm³/mol. The van der Waals surface area contributed by atoms with Crippen molar-refractivity contribution >= 4 is 27.3 Å². The largest absolute Gasteiger partial charge is 0.356 e. The van der Waals surface area contributed by atoms with Crippen LogP contribution in [0.2, 0.25) is 0 Å². The van der Waals surface area contributed by atoms with Gasteiger partial charge in [0.15, 0.2) is 9.84 Å². The number of amides is 2. The summed E-state index contributed by atoms with van der Waals surface area (Å²) >= 11 is 0. The van der Waals surface area contributed by atoms with Crippen molar-refractivity contribution in [3.05, 3.63) is 35.4 Å². The van der Waals surface area contributed by atoms with Crippen molar-refractivity contribution in [2.24, 2.45) is 5.92 Å². The van der Waals surface area contributed by atoms with Crippen LogP contribution in [0.1, 0.15) is 63.9 Å². The van der Waals surface area contributed by atoms with Gasteiger partial charge in [0, 0.05) is 31.1 Å². The zero-order valence-electron chi connectivity index (χ0n) is 18.2. The number of allylic oxidation sites excluding steroid dienone is 1. The number of sulfone groups is 1. The summed E-state index contributed by atoms with van der Waals surface area (Å²) in [5, 5.41) is 2.07. The second kappa shape index (κ2) is 9.15. The zero-order chi connectivity index (χ0) is 22.0. The first-order valence-electron chi connectivity index (χ1n) is 11.5. The van der Waals surface area contributed by atoms with Crippen LogP contribution in [0.15, 0.2) is 34.7 Å². The molecular weight excluding hydrogens is 412 g/mol. The minimum absolute atomic E-state index is 0.0508. The third kappa shape index (κ3) is 5.03. The Morgan fingerprint density at radius 2 is 2.00 bits per heavy atom. The molecule has 0 radical (unpaired) electrons. The average molecular weight is 445 g/mol. The monoisotopic (exact) mass is 444 g/mol. The lowest BCUT2D eigenvalue weighted by Crippen LogP contribution is -2.31. The average Bonchev–Trinajstić information content (AvgIpc) is 3.52. The zero-order valence-corrected chi connectivity index (χ0v) is 19.0. The molecule has 0 saturated heterocycles. The van der Waals surface area contributed by atoms with Gasteiger partial charge in [-0.1, -0.05) is 11.6 Å². The highest BCUT2D eigenvalue weighted by atomic mass is 32.2. The van der Waals surface area contributed by atoms with Crippen LogP contribution in [0.25, 0.3) is 0 Å². The van der Waals surface area contributed by atoms with Crippen LogP contribution in [0, 0.1) is 5.92 Å². The minimum Gasteiger partial charge on any atom is -0.356 e. The van der Waals surface area contributed by atoms with Gasteiger partial charge in [0.05, 0.1) is 10.1 Å². The van der Waals surface area contributed by atoms with E-state index in [0.717, 1.165) is 43.4 Å². The number of nitrogens with zero attached hydrogens (tertiary/aromatic N) is 1. The van der Waals surface area contributed by atoms with Crippen LogP contribution in [-0.4, -0.2) is 38.6 Å². The molecule has 6 nitrogen and oxygen atoms in total. The Balaban J connectivity index is 1.34. The third-order valence-corrected chi connectivity index (χ3v) is 8.76. The SMILES string of the molecule is C[C@@H](CC(=O)NCCC1=CCCCC1)S(=O)(=O)c1ccc2c(c1)CCN2C(=O)C1CC1. The Morgan fingerprint density at radius 3 is 2.71 bits per heavy atom. The number of carbonyl (C=O) groups excluding carboxylic acids is 2. The van der Waals surface area contributed by atoms with Crippen molar-refractivity contribution in [2.45, 2.75) is 74.9 Å². The van der Waals surface area contributed by atoms with Gasteiger partial charge in [0.25, 0.3) is 0 Å². The van der Waals surface area contributed by atoms with Crippen LogP contribution < -0.4 is 10.2 Å². The van der Waals surface area contributed by atoms with Crippen LogP contribution in [0.5, 0.6) is 0 Å². The Bertz CT molecular complexity index is 995. The van der Waals surface area contributed by atoms with Crippen LogP contribution in [0.4, 0.5) is 5.69 Å². The van der Waals surface area contributed by atoms with Gasteiger partial charge < -0.3 is 10.2 Å². The van der Waals surface area contributed by atoms with E-state index in [4.69, 9.17) is 0 Å². The summed E-state index contributed by atoms with van der Waals surface area (Å²) in [6.07, 6.45) is 10.3. The summed E-state index contributed by atoms with van der Waals surface area (Å²) in [6, 6.07) is 5.02. The molecule has 1 fully saturated rings. The second-order valence-electron chi connectivity index (χ2n) is 9.07. The first-order chi connectivity index (χ1) is 14.9. The maximum Gasteiger partial charge on any atom is 0.230 e. The number of rotatable bonds is 8. The summed E-state index contributed by atoms with van der Waals surface area (Å²) < 4.78 is 26.1. The van der Waals surface area contributed by atoms with Crippen molar-refractivity contribution in [3.8, 4) is 0 Å². The highest BCUT2D eigenvalue weighted by Crippen LogP contribution is 2.37. The summed E-state index contributed by atoms with van der Waals surface area (Å²) in [4.78, 5) is 26.8. The first kappa shape index (κ1) is 22.1. The van der Waals surface area contributed by atoms with Gasteiger partial charge in [-0.3, -0.25) is 9.59 Å². The number of fused-ring (bicyclic) bond motifs is 1. The second-order valence-corrected chi connectivity index (χ2v) is 11.4. The number of hydrogen-bond donors (Lipinski definition) is 1. The van der Waals surface area contributed by atoms with E-state index in [0.29, 0.717) is 19.5 Å².